The van der Waals surface area contributed by atoms with Crippen LogP contribution in [-0.2, 0) is 10.0 Å². The van der Waals surface area contributed by atoms with Gasteiger partial charge in [0.2, 0.25) is 10.0 Å². The Balaban J connectivity index is 1.94. The van der Waals surface area contributed by atoms with E-state index in [1.807, 2.05) is 6.07 Å². The van der Waals surface area contributed by atoms with Crippen molar-refractivity contribution < 1.29 is 26.7 Å². The fourth-order valence-electron chi connectivity index (χ4n) is 3.64. The molecule has 31 heavy (non-hydrogen) atoms. The van der Waals surface area contributed by atoms with E-state index in [1.54, 1.807) is 48.5 Å². The molecule has 9 heteroatoms. The second-order valence-electron chi connectivity index (χ2n) is 7.14. The van der Waals surface area contributed by atoms with Crippen molar-refractivity contribution in [3.63, 3.8) is 0 Å². The minimum Gasteiger partial charge on any atom is -0.480 e. The number of alkyl halides is 2. The van der Waals surface area contributed by atoms with Gasteiger partial charge in [-0.2, -0.15) is 8.78 Å². The van der Waals surface area contributed by atoms with E-state index in [9.17, 15) is 17.2 Å². The Morgan fingerprint density at radius 3 is 2.52 bits per heavy atom. The van der Waals surface area contributed by atoms with Gasteiger partial charge < -0.3 is 9.47 Å². The van der Waals surface area contributed by atoms with E-state index in [2.05, 4.69) is 0 Å². The standard InChI is InChI=1S/C22H18ClF2NO4S/c1-12(31(26,27)28)13-8-9-16-17(11-13)21(14-4-2-5-15(23)10-14)29-18-6-3-7-19(20(16)18)30-22(24)25/h2-12,21-22H,1H3,(H2,26,27,28). The van der Waals surface area contributed by atoms with Gasteiger partial charge in [0.15, 0.2) is 0 Å². The van der Waals surface area contributed by atoms with Gasteiger partial charge in [-0.05, 0) is 53.9 Å². The van der Waals surface area contributed by atoms with Crippen LogP contribution in [0.3, 0.4) is 0 Å². The topological polar surface area (TPSA) is 78.6 Å². The minimum atomic E-state index is -3.84. The number of sulfonamides is 1. The lowest BCUT2D eigenvalue weighted by atomic mass is 9.87. The Kier molecular flexibility index (Phi) is 5.63. The smallest absolute Gasteiger partial charge is 0.387 e. The highest BCUT2D eigenvalue weighted by atomic mass is 35.5. The van der Waals surface area contributed by atoms with Crippen LogP contribution in [0.5, 0.6) is 11.5 Å². The molecule has 0 aromatic heterocycles. The highest BCUT2D eigenvalue weighted by molar-refractivity contribution is 7.89. The van der Waals surface area contributed by atoms with Crippen molar-refractivity contribution in [3.8, 4) is 22.6 Å². The fourth-order valence-corrected chi connectivity index (χ4v) is 4.37. The molecule has 5 nitrogen and oxygen atoms in total. The highest BCUT2D eigenvalue weighted by Gasteiger charge is 2.32. The first-order valence-electron chi connectivity index (χ1n) is 9.31. The van der Waals surface area contributed by atoms with E-state index in [0.29, 0.717) is 33.0 Å². The molecule has 2 unspecified atom stereocenters. The van der Waals surface area contributed by atoms with Crippen LogP contribution in [0.4, 0.5) is 8.78 Å². The van der Waals surface area contributed by atoms with Crippen LogP contribution in [0.15, 0.2) is 60.7 Å². The van der Waals surface area contributed by atoms with Gasteiger partial charge in [0, 0.05) is 10.6 Å². The number of ether oxygens (including phenoxy) is 2. The third kappa shape index (κ3) is 4.23. The SMILES string of the molecule is CC(c1ccc2c(c1)C(c1cccc(Cl)c1)Oc1cccc(OC(F)F)c1-2)S(N)(=O)=O. The first kappa shape index (κ1) is 21.5. The Morgan fingerprint density at radius 2 is 1.84 bits per heavy atom. The zero-order valence-electron chi connectivity index (χ0n) is 16.3. The van der Waals surface area contributed by atoms with Crippen LogP contribution in [0.1, 0.15) is 35.0 Å². The van der Waals surface area contributed by atoms with Crippen molar-refractivity contribution >= 4 is 21.6 Å². The summed E-state index contributed by atoms with van der Waals surface area (Å²) < 4.78 is 60.7. The zero-order valence-corrected chi connectivity index (χ0v) is 17.8. The lowest BCUT2D eigenvalue weighted by Crippen LogP contribution is -2.21. The fraction of sp³-hybridized carbons (Fsp3) is 0.182. The summed E-state index contributed by atoms with van der Waals surface area (Å²) in [6.07, 6.45) is -0.643. The summed E-state index contributed by atoms with van der Waals surface area (Å²) in [5.74, 6) is 0.327. The third-order valence-corrected chi connectivity index (χ3v) is 6.68. The van der Waals surface area contributed by atoms with Gasteiger partial charge in [-0.25, -0.2) is 13.6 Å². The lowest BCUT2D eigenvalue weighted by Gasteiger charge is -2.31. The molecule has 3 aromatic carbocycles. The van der Waals surface area contributed by atoms with E-state index in [-0.39, 0.29) is 5.75 Å². The van der Waals surface area contributed by atoms with Crippen LogP contribution < -0.4 is 14.6 Å². The maximum absolute atomic E-state index is 13.0. The molecule has 0 radical (unpaired) electrons. The van der Waals surface area contributed by atoms with Crippen LogP contribution >= 0.6 is 11.6 Å². The van der Waals surface area contributed by atoms with Gasteiger partial charge in [-0.1, -0.05) is 41.9 Å². The monoisotopic (exact) mass is 465 g/mol. The van der Waals surface area contributed by atoms with Crippen molar-refractivity contribution in [1.29, 1.82) is 0 Å². The van der Waals surface area contributed by atoms with Crippen molar-refractivity contribution in [1.82, 2.24) is 0 Å². The molecule has 2 atom stereocenters. The normalized spacial score (nSPS) is 16.3. The number of hydrogen-bond donors (Lipinski definition) is 1. The Hall–Kier alpha value is -2.68. The van der Waals surface area contributed by atoms with Gasteiger partial charge in [0.1, 0.15) is 17.6 Å². The van der Waals surface area contributed by atoms with E-state index < -0.39 is 28.0 Å². The number of benzene rings is 3. The molecule has 1 aliphatic heterocycles. The number of rotatable bonds is 5. The molecule has 0 fully saturated rings. The minimum absolute atomic E-state index is 0.0365. The third-order valence-electron chi connectivity index (χ3n) is 5.19. The first-order valence-corrected chi connectivity index (χ1v) is 11.3. The van der Waals surface area contributed by atoms with Crippen LogP contribution in [0.25, 0.3) is 11.1 Å². The molecule has 1 heterocycles. The van der Waals surface area contributed by atoms with E-state index in [4.69, 9.17) is 26.2 Å². The van der Waals surface area contributed by atoms with Gasteiger partial charge >= 0.3 is 6.61 Å². The summed E-state index contributed by atoms with van der Waals surface area (Å²) in [7, 11) is -3.84. The maximum Gasteiger partial charge on any atom is 0.387 e. The van der Waals surface area contributed by atoms with E-state index in [1.165, 1.54) is 13.0 Å². The van der Waals surface area contributed by atoms with Crippen molar-refractivity contribution in [3.05, 3.63) is 82.4 Å². The molecule has 4 rings (SSSR count). The molecule has 3 aromatic rings. The molecular formula is C22H18ClF2NO4S. The van der Waals surface area contributed by atoms with Gasteiger partial charge in [0.25, 0.3) is 0 Å². The molecule has 0 bridgehead atoms. The van der Waals surface area contributed by atoms with Crippen LogP contribution in [0, 0.1) is 0 Å². The summed E-state index contributed by atoms with van der Waals surface area (Å²) in [5.41, 5.74) is 2.72. The molecular weight excluding hydrogens is 448 g/mol. The Morgan fingerprint density at radius 1 is 1.10 bits per heavy atom. The number of hydrogen-bond acceptors (Lipinski definition) is 4. The summed E-state index contributed by atoms with van der Waals surface area (Å²) in [6.45, 7) is -1.53. The summed E-state index contributed by atoms with van der Waals surface area (Å²) in [4.78, 5) is 0. The molecule has 0 saturated carbocycles. The number of fused-ring (bicyclic) bond motifs is 3. The van der Waals surface area contributed by atoms with Gasteiger partial charge in [-0.15, -0.1) is 0 Å². The molecule has 1 aliphatic rings. The summed E-state index contributed by atoms with van der Waals surface area (Å²) in [5, 5.41) is 4.86. The zero-order chi connectivity index (χ0) is 22.3. The predicted molar refractivity (Wildman–Crippen MR) is 114 cm³/mol. The van der Waals surface area contributed by atoms with Crippen molar-refractivity contribution in [2.45, 2.75) is 24.9 Å². The largest absolute Gasteiger partial charge is 0.480 e. The molecule has 2 N–H and O–H groups in total. The summed E-state index contributed by atoms with van der Waals surface area (Å²) >= 11 is 6.16. The first-order chi connectivity index (χ1) is 14.6. The number of nitrogens with two attached hydrogens (primary N) is 1. The van der Waals surface area contributed by atoms with E-state index in [0.717, 1.165) is 5.56 Å². The average molecular weight is 466 g/mol. The molecule has 0 spiro atoms. The van der Waals surface area contributed by atoms with Crippen molar-refractivity contribution in [2.24, 2.45) is 5.14 Å². The van der Waals surface area contributed by atoms with Crippen LogP contribution in [-0.4, -0.2) is 15.0 Å². The second-order valence-corrected chi connectivity index (χ2v) is 9.46. The maximum atomic E-state index is 13.0. The Bertz CT molecular complexity index is 1250. The molecule has 0 aliphatic carbocycles. The number of primary sulfonamides is 1. The second kappa shape index (κ2) is 8.11. The van der Waals surface area contributed by atoms with Crippen molar-refractivity contribution in [2.75, 3.05) is 0 Å². The molecule has 162 valence electrons. The Labute approximate surface area is 183 Å². The number of halogens is 3. The lowest BCUT2D eigenvalue weighted by molar-refractivity contribution is -0.0496. The quantitative estimate of drug-likeness (QED) is 0.544. The van der Waals surface area contributed by atoms with Gasteiger partial charge in [-0.3, -0.25) is 0 Å². The van der Waals surface area contributed by atoms with Gasteiger partial charge in [0.05, 0.1) is 10.8 Å². The molecule has 0 saturated heterocycles. The highest BCUT2D eigenvalue weighted by Crippen LogP contribution is 2.50. The van der Waals surface area contributed by atoms with Crippen LogP contribution in [0.2, 0.25) is 5.02 Å². The summed E-state index contributed by atoms with van der Waals surface area (Å²) in [6, 6.07) is 16.6. The molecule has 0 amide bonds. The average Bonchev–Trinajstić information content (AvgIpc) is 2.71. The van der Waals surface area contributed by atoms with E-state index >= 15 is 0 Å². The predicted octanol–water partition coefficient (Wildman–Crippen LogP) is 5.44.